The molecule has 0 saturated carbocycles. The van der Waals surface area contributed by atoms with Crippen LogP contribution in [0, 0.1) is 5.41 Å². The van der Waals surface area contributed by atoms with Gasteiger partial charge in [0.05, 0.1) is 5.57 Å². The summed E-state index contributed by atoms with van der Waals surface area (Å²) in [6, 6.07) is 0. The zero-order valence-corrected chi connectivity index (χ0v) is 8.95. The molecule has 0 aliphatic heterocycles. The predicted octanol–water partition coefficient (Wildman–Crippen LogP) is 2.85. The molecule has 0 amide bonds. The molecule has 1 N–H and O–H groups in total. The quantitative estimate of drug-likeness (QED) is 0.709. The highest BCUT2D eigenvalue weighted by molar-refractivity contribution is 5.94. The molecular weight excluding hydrogens is 188 g/mol. The number of rotatable bonds is 1. The van der Waals surface area contributed by atoms with Gasteiger partial charge in [-0.3, -0.25) is 0 Å². The van der Waals surface area contributed by atoms with Gasteiger partial charge in [-0.25, -0.2) is 4.79 Å². The Balaban J connectivity index is 2.60. The Morgan fingerprint density at radius 3 is 2.93 bits per heavy atom. The van der Waals surface area contributed by atoms with Crippen LogP contribution in [0.1, 0.15) is 20.3 Å². The Kier molecular flexibility index (Phi) is 2.14. The van der Waals surface area contributed by atoms with Gasteiger partial charge in [-0.05, 0) is 24.5 Å². The third kappa shape index (κ3) is 1.46. The molecule has 2 nitrogen and oxygen atoms in total. The van der Waals surface area contributed by atoms with Crippen LogP contribution in [0.15, 0.2) is 47.1 Å². The van der Waals surface area contributed by atoms with E-state index < -0.39 is 5.97 Å². The Morgan fingerprint density at radius 2 is 2.27 bits per heavy atom. The number of carboxylic acids is 1. The van der Waals surface area contributed by atoms with Crippen molar-refractivity contribution in [3.05, 3.63) is 47.1 Å². The minimum Gasteiger partial charge on any atom is -0.478 e. The van der Waals surface area contributed by atoms with Crippen molar-refractivity contribution in [3.8, 4) is 0 Å². The van der Waals surface area contributed by atoms with E-state index in [0.29, 0.717) is 5.57 Å². The molecule has 0 bridgehead atoms. The van der Waals surface area contributed by atoms with Crippen molar-refractivity contribution < 1.29 is 9.90 Å². The van der Waals surface area contributed by atoms with E-state index in [2.05, 4.69) is 19.1 Å². The monoisotopic (exact) mass is 202 g/mol. The molecule has 2 rings (SSSR count). The van der Waals surface area contributed by atoms with Crippen LogP contribution in [-0.2, 0) is 4.79 Å². The molecule has 0 saturated heterocycles. The van der Waals surface area contributed by atoms with E-state index >= 15 is 0 Å². The average Bonchev–Trinajstić information content (AvgIpc) is 2.18. The van der Waals surface area contributed by atoms with Crippen molar-refractivity contribution >= 4 is 5.97 Å². The first-order chi connectivity index (χ1) is 7.04. The van der Waals surface area contributed by atoms with Gasteiger partial charge in [-0.2, -0.15) is 0 Å². The summed E-state index contributed by atoms with van der Waals surface area (Å²) in [6.07, 6.45) is 10.8. The van der Waals surface area contributed by atoms with Gasteiger partial charge in [0.2, 0.25) is 0 Å². The van der Waals surface area contributed by atoms with E-state index in [1.165, 1.54) is 0 Å². The van der Waals surface area contributed by atoms with Crippen LogP contribution in [0.2, 0.25) is 0 Å². The summed E-state index contributed by atoms with van der Waals surface area (Å²) in [5.74, 6) is -0.829. The third-order valence-corrected chi connectivity index (χ3v) is 3.13. The number of hydrogen-bond donors (Lipinski definition) is 1. The molecule has 0 radical (unpaired) electrons. The van der Waals surface area contributed by atoms with Crippen LogP contribution in [0.5, 0.6) is 0 Å². The summed E-state index contributed by atoms with van der Waals surface area (Å²) < 4.78 is 0. The van der Waals surface area contributed by atoms with Crippen molar-refractivity contribution in [2.24, 2.45) is 5.41 Å². The van der Waals surface area contributed by atoms with Gasteiger partial charge >= 0.3 is 5.97 Å². The minimum absolute atomic E-state index is 0.137. The molecule has 0 aromatic rings. The van der Waals surface area contributed by atoms with Gasteiger partial charge in [-0.1, -0.05) is 37.3 Å². The molecule has 0 spiro atoms. The van der Waals surface area contributed by atoms with E-state index in [1.807, 2.05) is 25.2 Å². The fourth-order valence-corrected chi connectivity index (χ4v) is 2.19. The van der Waals surface area contributed by atoms with Crippen LogP contribution in [0.3, 0.4) is 0 Å². The van der Waals surface area contributed by atoms with E-state index in [4.69, 9.17) is 0 Å². The van der Waals surface area contributed by atoms with E-state index in [9.17, 15) is 9.90 Å². The van der Waals surface area contributed by atoms with Crippen molar-refractivity contribution in [3.63, 3.8) is 0 Å². The molecule has 0 aromatic heterocycles. The maximum atomic E-state index is 11.2. The molecule has 2 aliphatic rings. The summed E-state index contributed by atoms with van der Waals surface area (Å²) in [7, 11) is 0. The zero-order chi connectivity index (χ0) is 11.1. The number of aliphatic carboxylic acids is 1. The molecule has 2 aliphatic carbocycles. The van der Waals surface area contributed by atoms with E-state index in [1.54, 1.807) is 0 Å². The number of hydrogen-bond acceptors (Lipinski definition) is 1. The van der Waals surface area contributed by atoms with Gasteiger partial charge in [0.15, 0.2) is 0 Å². The molecule has 0 fully saturated rings. The number of fused-ring (bicyclic) bond motifs is 1. The van der Waals surface area contributed by atoms with Crippen LogP contribution < -0.4 is 0 Å². The van der Waals surface area contributed by atoms with Gasteiger partial charge in [0.25, 0.3) is 0 Å². The van der Waals surface area contributed by atoms with Gasteiger partial charge < -0.3 is 5.11 Å². The van der Waals surface area contributed by atoms with Crippen molar-refractivity contribution in [2.75, 3.05) is 0 Å². The number of carboxylic acid groups (broad SMARTS) is 1. The lowest BCUT2D eigenvalue weighted by Gasteiger charge is -2.34. The fourth-order valence-electron chi connectivity index (χ4n) is 2.19. The molecule has 0 heterocycles. The molecule has 0 aromatic carbocycles. The zero-order valence-electron chi connectivity index (χ0n) is 8.95. The lowest BCUT2D eigenvalue weighted by Crippen LogP contribution is -2.25. The largest absolute Gasteiger partial charge is 0.478 e. The Bertz CT molecular complexity index is 435. The standard InChI is InChI=1S/C13H14O2/c1-9-6-8-13(2)7-4-3-5-10(13)11(9)12(14)15/h3-6,8H,7H2,1-2H3,(H,14,15). The lowest BCUT2D eigenvalue weighted by molar-refractivity contribution is -0.132. The minimum atomic E-state index is -0.829. The highest BCUT2D eigenvalue weighted by Gasteiger charge is 2.34. The second-order valence-electron chi connectivity index (χ2n) is 4.33. The van der Waals surface area contributed by atoms with Crippen LogP contribution in [0.4, 0.5) is 0 Å². The maximum Gasteiger partial charge on any atom is 0.336 e. The second kappa shape index (κ2) is 3.23. The Labute approximate surface area is 89.3 Å². The number of allylic oxidation sites excluding steroid dienone is 6. The van der Waals surface area contributed by atoms with Gasteiger partial charge in [0.1, 0.15) is 0 Å². The summed E-state index contributed by atoms with van der Waals surface area (Å²) in [4.78, 5) is 11.2. The molecule has 15 heavy (non-hydrogen) atoms. The third-order valence-electron chi connectivity index (χ3n) is 3.13. The van der Waals surface area contributed by atoms with Crippen LogP contribution >= 0.6 is 0 Å². The second-order valence-corrected chi connectivity index (χ2v) is 4.33. The van der Waals surface area contributed by atoms with Crippen LogP contribution in [-0.4, -0.2) is 11.1 Å². The molecule has 78 valence electrons. The normalized spacial score (nSPS) is 28.8. The Morgan fingerprint density at radius 1 is 1.53 bits per heavy atom. The Hall–Kier alpha value is -1.57. The highest BCUT2D eigenvalue weighted by Crippen LogP contribution is 2.43. The summed E-state index contributed by atoms with van der Waals surface area (Å²) >= 11 is 0. The fraction of sp³-hybridized carbons (Fsp3) is 0.308. The summed E-state index contributed by atoms with van der Waals surface area (Å²) in [5.41, 5.74) is 2.09. The van der Waals surface area contributed by atoms with Crippen LogP contribution in [0.25, 0.3) is 0 Å². The summed E-state index contributed by atoms with van der Waals surface area (Å²) in [5, 5.41) is 9.21. The van der Waals surface area contributed by atoms with Gasteiger partial charge in [-0.15, -0.1) is 0 Å². The highest BCUT2D eigenvalue weighted by atomic mass is 16.4. The number of carbonyl (C=O) groups is 1. The van der Waals surface area contributed by atoms with Crippen molar-refractivity contribution in [2.45, 2.75) is 20.3 Å². The molecule has 1 atom stereocenters. The van der Waals surface area contributed by atoms with E-state index in [-0.39, 0.29) is 5.41 Å². The first-order valence-corrected chi connectivity index (χ1v) is 5.06. The maximum absolute atomic E-state index is 11.2. The average molecular weight is 202 g/mol. The first-order valence-electron chi connectivity index (χ1n) is 5.06. The van der Waals surface area contributed by atoms with Gasteiger partial charge in [0, 0.05) is 5.41 Å². The predicted molar refractivity (Wildman–Crippen MR) is 59.4 cm³/mol. The smallest absolute Gasteiger partial charge is 0.336 e. The first kappa shape index (κ1) is 9.97. The van der Waals surface area contributed by atoms with Crippen molar-refractivity contribution in [1.29, 1.82) is 0 Å². The lowest BCUT2D eigenvalue weighted by atomic mass is 9.69. The molecule has 2 heteroatoms. The topological polar surface area (TPSA) is 37.3 Å². The molecular formula is C13H14O2. The van der Waals surface area contributed by atoms with E-state index in [0.717, 1.165) is 17.6 Å². The van der Waals surface area contributed by atoms with Crippen molar-refractivity contribution in [1.82, 2.24) is 0 Å². The SMILES string of the molecule is CC1=C(C(=O)O)C2=CC=CCC2(C)C=C1. The summed E-state index contributed by atoms with van der Waals surface area (Å²) in [6.45, 7) is 3.92. The molecule has 1 unspecified atom stereocenters.